The molecule has 2 heterocycles. The molecule has 160 valence electrons. The third kappa shape index (κ3) is 4.40. The molecule has 0 saturated carbocycles. The van der Waals surface area contributed by atoms with Crippen LogP contribution in [-0.4, -0.2) is 87.7 Å². The zero-order valence-corrected chi connectivity index (χ0v) is 18.2. The second kappa shape index (κ2) is 8.71. The van der Waals surface area contributed by atoms with E-state index in [1.165, 1.54) is 20.2 Å². The molecule has 0 bridgehead atoms. The summed E-state index contributed by atoms with van der Waals surface area (Å²) in [7, 11) is -0.673. The minimum atomic E-state index is -3.64. The van der Waals surface area contributed by atoms with Gasteiger partial charge < -0.3 is 14.7 Å². The molecular weight excluding hydrogens is 392 g/mol. The van der Waals surface area contributed by atoms with Gasteiger partial charge in [-0.2, -0.15) is 0 Å². The average molecular weight is 423 g/mol. The van der Waals surface area contributed by atoms with Crippen LogP contribution in [0.5, 0.6) is 0 Å². The van der Waals surface area contributed by atoms with E-state index in [0.29, 0.717) is 38.2 Å². The molecule has 9 heteroatoms. The molecular formula is C20H30N4O4S. The maximum absolute atomic E-state index is 13.4. The van der Waals surface area contributed by atoms with E-state index >= 15 is 0 Å². The molecule has 2 amide bonds. The van der Waals surface area contributed by atoms with Crippen LogP contribution in [0.2, 0.25) is 0 Å². The molecule has 3 rings (SSSR count). The predicted molar refractivity (Wildman–Crippen MR) is 112 cm³/mol. The quantitative estimate of drug-likeness (QED) is 0.713. The Balaban J connectivity index is 1.91. The fourth-order valence-corrected chi connectivity index (χ4v) is 4.77. The van der Waals surface area contributed by atoms with Crippen molar-refractivity contribution >= 4 is 27.5 Å². The molecule has 2 fully saturated rings. The molecule has 2 aliphatic rings. The Labute approximate surface area is 173 Å². The first-order valence-electron chi connectivity index (χ1n) is 10.1. The summed E-state index contributed by atoms with van der Waals surface area (Å²) in [6, 6.07) is 4.85. The summed E-state index contributed by atoms with van der Waals surface area (Å²) >= 11 is 0. The van der Waals surface area contributed by atoms with Crippen molar-refractivity contribution in [3.63, 3.8) is 0 Å². The number of hydrogen-bond donors (Lipinski definition) is 0. The van der Waals surface area contributed by atoms with Crippen LogP contribution in [0, 0.1) is 0 Å². The van der Waals surface area contributed by atoms with Crippen molar-refractivity contribution in [2.24, 2.45) is 0 Å². The normalized spacial score (nSPS) is 17.9. The van der Waals surface area contributed by atoms with Gasteiger partial charge in [-0.15, -0.1) is 0 Å². The number of carbonyl (C=O) groups is 2. The molecule has 1 aromatic rings. The van der Waals surface area contributed by atoms with Gasteiger partial charge in [0.15, 0.2) is 0 Å². The fourth-order valence-electron chi connectivity index (χ4n) is 3.84. The van der Waals surface area contributed by atoms with Gasteiger partial charge in [-0.25, -0.2) is 12.7 Å². The summed E-state index contributed by atoms with van der Waals surface area (Å²) in [6.45, 7) is 5.47. The third-order valence-corrected chi connectivity index (χ3v) is 7.46. The number of nitrogens with zero attached hydrogens (tertiary/aromatic N) is 4. The van der Waals surface area contributed by atoms with Crippen LogP contribution >= 0.6 is 0 Å². The van der Waals surface area contributed by atoms with Gasteiger partial charge in [-0.05, 0) is 31.0 Å². The lowest BCUT2D eigenvalue weighted by atomic mass is 10.1. The topological polar surface area (TPSA) is 81.2 Å². The van der Waals surface area contributed by atoms with Crippen LogP contribution in [0.15, 0.2) is 23.1 Å². The summed E-state index contributed by atoms with van der Waals surface area (Å²) in [6.07, 6.45) is 2.57. The first-order valence-corrected chi connectivity index (χ1v) is 11.6. The molecule has 0 spiro atoms. The number of carbonyl (C=O) groups excluding carboxylic acids is 2. The van der Waals surface area contributed by atoms with E-state index in [2.05, 4.69) is 4.90 Å². The van der Waals surface area contributed by atoms with E-state index in [9.17, 15) is 18.0 Å². The fraction of sp³-hybridized carbons (Fsp3) is 0.600. The molecule has 0 aromatic heterocycles. The summed E-state index contributed by atoms with van der Waals surface area (Å²) < 4.78 is 26.4. The highest BCUT2D eigenvalue weighted by molar-refractivity contribution is 7.89. The van der Waals surface area contributed by atoms with E-state index in [1.54, 1.807) is 21.9 Å². The van der Waals surface area contributed by atoms with Crippen LogP contribution < -0.4 is 4.90 Å². The SMILES string of the molecule is CCC(=O)N1CCN(C(=O)c2cc(S(=O)(=O)N(C)C)ccc2N2CCCC2)CC1. The highest BCUT2D eigenvalue weighted by Gasteiger charge is 2.29. The number of sulfonamides is 1. The largest absolute Gasteiger partial charge is 0.371 e. The third-order valence-electron chi connectivity index (χ3n) is 5.65. The Morgan fingerprint density at radius 3 is 2.10 bits per heavy atom. The predicted octanol–water partition coefficient (Wildman–Crippen LogP) is 1.23. The zero-order valence-electron chi connectivity index (χ0n) is 17.4. The van der Waals surface area contributed by atoms with Crippen LogP contribution in [0.1, 0.15) is 36.5 Å². The molecule has 8 nitrogen and oxygen atoms in total. The summed E-state index contributed by atoms with van der Waals surface area (Å²) in [5.41, 5.74) is 1.21. The summed E-state index contributed by atoms with van der Waals surface area (Å²) in [5.74, 6) is -0.0831. The lowest BCUT2D eigenvalue weighted by molar-refractivity contribution is -0.132. The van der Waals surface area contributed by atoms with Gasteiger partial charge in [-0.3, -0.25) is 9.59 Å². The molecule has 0 atom stereocenters. The molecule has 2 saturated heterocycles. The number of rotatable bonds is 5. The Morgan fingerprint density at radius 1 is 0.966 bits per heavy atom. The van der Waals surface area contributed by atoms with Crippen LogP contribution in [0.4, 0.5) is 5.69 Å². The Morgan fingerprint density at radius 2 is 1.55 bits per heavy atom. The van der Waals surface area contributed by atoms with Gasteiger partial charge in [0.2, 0.25) is 15.9 Å². The zero-order chi connectivity index (χ0) is 21.2. The molecule has 0 radical (unpaired) electrons. The monoisotopic (exact) mass is 422 g/mol. The molecule has 0 unspecified atom stereocenters. The van der Waals surface area contributed by atoms with Crippen LogP contribution in [0.25, 0.3) is 0 Å². The van der Waals surface area contributed by atoms with Gasteiger partial charge >= 0.3 is 0 Å². The van der Waals surface area contributed by atoms with Crippen molar-refractivity contribution in [2.75, 3.05) is 58.3 Å². The standard InChI is InChI=1S/C20H30N4O4S/c1-4-19(25)23-11-13-24(14-12-23)20(26)17-15-16(29(27,28)21(2)3)7-8-18(17)22-9-5-6-10-22/h7-8,15H,4-6,9-14H2,1-3H3. The Hall–Kier alpha value is -2.13. The lowest BCUT2D eigenvalue weighted by Gasteiger charge is -2.35. The highest BCUT2D eigenvalue weighted by Crippen LogP contribution is 2.29. The van der Waals surface area contributed by atoms with Gasteiger partial charge in [0.25, 0.3) is 5.91 Å². The first kappa shape index (κ1) is 21.6. The number of hydrogen-bond acceptors (Lipinski definition) is 5. The van der Waals surface area contributed by atoms with Gasteiger partial charge in [0, 0.05) is 65.5 Å². The van der Waals surface area contributed by atoms with E-state index in [4.69, 9.17) is 0 Å². The van der Waals surface area contributed by atoms with E-state index in [0.717, 1.165) is 35.9 Å². The molecule has 1 aromatic carbocycles. The Bertz CT molecular complexity index is 870. The lowest BCUT2D eigenvalue weighted by Crippen LogP contribution is -2.50. The van der Waals surface area contributed by atoms with Gasteiger partial charge in [0.1, 0.15) is 0 Å². The van der Waals surface area contributed by atoms with Crippen molar-refractivity contribution in [3.05, 3.63) is 23.8 Å². The average Bonchev–Trinajstić information content (AvgIpc) is 3.27. The summed E-state index contributed by atoms with van der Waals surface area (Å²) in [5, 5.41) is 0. The molecule has 0 aliphatic carbocycles. The second-order valence-corrected chi connectivity index (χ2v) is 9.84. The highest BCUT2D eigenvalue weighted by atomic mass is 32.2. The van der Waals surface area contributed by atoms with Gasteiger partial charge in [-0.1, -0.05) is 6.92 Å². The number of piperazine rings is 1. The minimum Gasteiger partial charge on any atom is -0.371 e. The Kier molecular flexibility index (Phi) is 6.48. The van der Waals surface area contributed by atoms with Crippen molar-refractivity contribution in [1.82, 2.24) is 14.1 Å². The van der Waals surface area contributed by atoms with E-state index in [1.807, 2.05) is 6.92 Å². The number of anilines is 1. The van der Waals surface area contributed by atoms with Crippen molar-refractivity contribution in [1.29, 1.82) is 0 Å². The van der Waals surface area contributed by atoms with E-state index in [-0.39, 0.29) is 16.7 Å². The molecule has 29 heavy (non-hydrogen) atoms. The maximum Gasteiger partial charge on any atom is 0.256 e. The smallest absolute Gasteiger partial charge is 0.256 e. The summed E-state index contributed by atoms with van der Waals surface area (Å²) in [4.78, 5) is 31.0. The second-order valence-electron chi connectivity index (χ2n) is 7.69. The first-order chi connectivity index (χ1) is 13.8. The minimum absolute atomic E-state index is 0.0916. The molecule has 2 aliphatic heterocycles. The van der Waals surface area contributed by atoms with Crippen LogP contribution in [-0.2, 0) is 14.8 Å². The number of amides is 2. The number of benzene rings is 1. The van der Waals surface area contributed by atoms with Gasteiger partial charge in [0.05, 0.1) is 10.5 Å². The van der Waals surface area contributed by atoms with Crippen molar-refractivity contribution < 1.29 is 18.0 Å². The van der Waals surface area contributed by atoms with Crippen molar-refractivity contribution in [2.45, 2.75) is 31.1 Å². The molecule has 0 N–H and O–H groups in total. The maximum atomic E-state index is 13.4. The van der Waals surface area contributed by atoms with Crippen LogP contribution in [0.3, 0.4) is 0 Å². The van der Waals surface area contributed by atoms with E-state index < -0.39 is 10.0 Å². The van der Waals surface area contributed by atoms with Crippen molar-refractivity contribution in [3.8, 4) is 0 Å².